The Bertz CT molecular complexity index is 262. The molecule has 1 N–H and O–H groups in total. The lowest BCUT2D eigenvalue weighted by Gasteiger charge is -1.99. The molecule has 3 nitrogen and oxygen atoms in total. The minimum Gasteiger partial charge on any atom is -0.355 e. The van der Waals surface area contributed by atoms with Crippen LogP contribution in [-0.4, -0.2) is 26.2 Å². The maximum Gasteiger partial charge on any atom is 0.252 e. The van der Waals surface area contributed by atoms with Crippen molar-refractivity contribution in [3.63, 3.8) is 0 Å². The Morgan fingerprint density at radius 2 is 2.08 bits per heavy atom. The largest absolute Gasteiger partial charge is 0.355 e. The molecule has 0 aliphatic rings. The van der Waals surface area contributed by atoms with Gasteiger partial charge in [-0.1, -0.05) is 11.6 Å². The molecule has 72 valence electrons. The fraction of sp³-hybridized carbons (Fsp3) is 0.400. The van der Waals surface area contributed by atoms with Crippen LogP contribution < -0.4 is 5.32 Å². The van der Waals surface area contributed by atoms with Crippen molar-refractivity contribution in [2.75, 3.05) is 14.1 Å². The van der Waals surface area contributed by atoms with Crippen molar-refractivity contribution in [2.45, 2.75) is 13.8 Å². The zero-order valence-corrected chi connectivity index (χ0v) is 8.59. The van der Waals surface area contributed by atoms with Crippen LogP contribution in [0, 0.1) is 0 Å². The number of rotatable bonds is 3. The third-order valence-electron chi connectivity index (χ3n) is 1.60. The lowest BCUT2D eigenvalue weighted by Crippen LogP contribution is -2.20. The fourth-order valence-electron chi connectivity index (χ4n) is 0.773. The van der Waals surface area contributed by atoms with Crippen molar-refractivity contribution >= 4 is 12.1 Å². The van der Waals surface area contributed by atoms with E-state index in [2.05, 4.69) is 10.3 Å². The molecule has 0 aliphatic heterocycles. The molecule has 0 saturated carbocycles. The van der Waals surface area contributed by atoms with Crippen LogP contribution >= 0.6 is 0 Å². The molecule has 0 aromatic carbocycles. The fourth-order valence-corrected chi connectivity index (χ4v) is 0.773. The quantitative estimate of drug-likeness (QED) is 0.397. The van der Waals surface area contributed by atoms with E-state index >= 15 is 0 Å². The summed E-state index contributed by atoms with van der Waals surface area (Å²) in [5.74, 6) is -0.119. The maximum atomic E-state index is 11.3. The molecule has 0 aromatic heterocycles. The summed E-state index contributed by atoms with van der Waals surface area (Å²) in [6.07, 6.45) is 5.28. The van der Waals surface area contributed by atoms with Crippen molar-refractivity contribution in [3.8, 4) is 0 Å². The maximum absolute atomic E-state index is 11.3. The normalized spacial score (nSPS) is 13.5. The van der Waals surface area contributed by atoms with Gasteiger partial charge in [0.1, 0.15) is 0 Å². The van der Waals surface area contributed by atoms with Gasteiger partial charge in [-0.05, 0) is 19.9 Å². The molecular formula is C10H16N2O. The minimum absolute atomic E-state index is 0.119. The number of carbonyl (C=O) groups excluding carboxylic acids is 1. The Labute approximate surface area is 79.3 Å². The van der Waals surface area contributed by atoms with E-state index in [4.69, 9.17) is 0 Å². The Hall–Kier alpha value is -1.38. The van der Waals surface area contributed by atoms with Crippen LogP contribution in [0.2, 0.25) is 0 Å². The zero-order valence-electron chi connectivity index (χ0n) is 8.59. The van der Waals surface area contributed by atoms with Gasteiger partial charge in [0.25, 0.3) is 5.91 Å². The summed E-state index contributed by atoms with van der Waals surface area (Å²) in [5, 5.41) is 2.55. The first-order valence-corrected chi connectivity index (χ1v) is 4.14. The number of hydrogen-bond acceptors (Lipinski definition) is 2. The summed E-state index contributed by atoms with van der Waals surface area (Å²) in [6.45, 7) is 3.86. The van der Waals surface area contributed by atoms with Crippen LogP contribution in [0.3, 0.4) is 0 Å². The van der Waals surface area contributed by atoms with Gasteiger partial charge in [-0.25, -0.2) is 0 Å². The highest BCUT2D eigenvalue weighted by Gasteiger charge is 2.02. The second-order valence-corrected chi connectivity index (χ2v) is 2.60. The second kappa shape index (κ2) is 6.17. The van der Waals surface area contributed by atoms with Crippen LogP contribution in [0.15, 0.2) is 28.3 Å². The number of amides is 1. The second-order valence-electron chi connectivity index (χ2n) is 2.60. The zero-order chi connectivity index (χ0) is 10.3. The molecule has 0 bridgehead atoms. The molecule has 0 spiro atoms. The lowest BCUT2D eigenvalue weighted by atomic mass is 10.1. The van der Waals surface area contributed by atoms with E-state index in [0.717, 1.165) is 5.57 Å². The van der Waals surface area contributed by atoms with Crippen LogP contribution in [0.4, 0.5) is 0 Å². The molecule has 0 saturated heterocycles. The van der Waals surface area contributed by atoms with E-state index in [1.165, 1.54) is 0 Å². The van der Waals surface area contributed by atoms with E-state index in [0.29, 0.717) is 5.57 Å². The highest BCUT2D eigenvalue weighted by Crippen LogP contribution is 2.00. The summed E-state index contributed by atoms with van der Waals surface area (Å²) in [4.78, 5) is 15.1. The van der Waals surface area contributed by atoms with E-state index < -0.39 is 0 Å². The number of hydrogen-bond donors (Lipinski definition) is 1. The Morgan fingerprint density at radius 1 is 1.46 bits per heavy atom. The molecule has 13 heavy (non-hydrogen) atoms. The predicted molar refractivity (Wildman–Crippen MR) is 56.0 cm³/mol. The van der Waals surface area contributed by atoms with Crippen LogP contribution in [0.1, 0.15) is 13.8 Å². The van der Waals surface area contributed by atoms with E-state index in [1.54, 1.807) is 26.4 Å². The molecule has 0 heterocycles. The molecule has 0 unspecified atom stereocenters. The Balaban J connectivity index is 4.80. The topological polar surface area (TPSA) is 41.5 Å². The molecule has 0 atom stereocenters. The third kappa shape index (κ3) is 4.25. The van der Waals surface area contributed by atoms with E-state index in [9.17, 15) is 4.79 Å². The first-order chi connectivity index (χ1) is 6.15. The molecule has 3 heteroatoms. The molecule has 0 fully saturated rings. The number of nitrogens with zero attached hydrogens (tertiary/aromatic N) is 1. The van der Waals surface area contributed by atoms with Crippen LogP contribution in [-0.2, 0) is 4.79 Å². The average Bonchev–Trinajstić information content (AvgIpc) is 2.15. The first-order valence-electron chi connectivity index (χ1n) is 4.14. The first kappa shape index (κ1) is 11.6. The van der Waals surface area contributed by atoms with Crippen molar-refractivity contribution < 1.29 is 4.79 Å². The van der Waals surface area contributed by atoms with Gasteiger partial charge in [0, 0.05) is 20.3 Å². The highest BCUT2D eigenvalue weighted by atomic mass is 16.1. The van der Waals surface area contributed by atoms with Gasteiger partial charge >= 0.3 is 0 Å². The predicted octanol–water partition coefficient (Wildman–Crippen LogP) is 1.33. The Morgan fingerprint density at radius 3 is 2.46 bits per heavy atom. The molecule has 0 aliphatic carbocycles. The molecule has 0 aromatic rings. The molecule has 0 rings (SSSR count). The van der Waals surface area contributed by atoms with Gasteiger partial charge < -0.3 is 5.32 Å². The van der Waals surface area contributed by atoms with Crippen molar-refractivity contribution in [2.24, 2.45) is 4.99 Å². The van der Waals surface area contributed by atoms with Gasteiger partial charge in [-0.3, -0.25) is 9.79 Å². The average molecular weight is 180 g/mol. The van der Waals surface area contributed by atoms with Crippen LogP contribution in [0.5, 0.6) is 0 Å². The minimum atomic E-state index is -0.119. The van der Waals surface area contributed by atoms with E-state index in [-0.39, 0.29) is 5.91 Å². The lowest BCUT2D eigenvalue weighted by molar-refractivity contribution is -0.116. The summed E-state index contributed by atoms with van der Waals surface area (Å²) in [5.41, 5.74) is 1.61. The van der Waals surface area contributed by atoms with Gasteiger partial charge in [-0.15, -0.1) is 0 Å². The number of aliphatic imine (C=N–C) groups is 1. The SMILES string of the molecule is C\C=C(C)/C=C(\C=N\C)C(=O)NC. The number of allylic oxidation sites excluding steroid dienone is 3. The van der Waals surface area contributed by atoms with Crippen LogP contribution in [0.25, 0.3) is 0 Å². The monoisotopic (exact) mass is 180 g/mol. The summed E-state index contributed by atoms with van der Waals surface area (Å²) in [7, 11) is 3.24. The standard InChI is InChI=1S/C10H16N2O/c1-5-8(2)6-9(7-11-3)10(13)12-4/h5-7H,1-4H3,(H,12,13)/b8-5-,9-6+,11-7+. The van der Waals surface area contributed by atoms with Crippen molar-refractivity contribution in [1.82, 2.24) is 5.32 Å². The third-order valence-corrected chi connectivity index (χ3v) is 1.60. The summed E-state index contributed by atoms with van der Waals surface area (Å²) < 4.78 is 0. The van der Waals surface area contributed by atoms with Gasteiger partial charge in [0.05, 0.1) is 5.57 Å². The highest BCUT2D eigenvalue weighted by molar-refractivity contribution is 6.12. The number of carbonyl (C=O) groups is 1. The van der Waals surface area contributed by atoms with E-state index in [1.807, 2.05) is 19.9 Å². The molecule has 0 radical (unpaired) electrons. The summed E-state index contributed by atoms with van der Waals surface area (Å²) in [6, 6.07) is 0. The van der Waals surface area contributed by atoms with Gasteiger partial charge in [0.15, 0.2) is 0 Å². The van der Waals surface area contributed by atoms with Crippen molar-refractivity contribution in [3.05, 3.63) is 23.3 Å². The van der Waals surface area contributed by atoms with Crippen molar-refractivity contribution in [1.29, 1.82) is 0 Å². The van der Waals surface area contributed by atoms with Gasteiger partial charge in [0.2, 0.25) is 0 Å². The Kier molecular flexibility index (Phi) is 5.52. The molecular weight excluding hydrogens is 164 g/mol. The number of likely N-dealkylation sites (N-methyl/N-ethyl adjacent to an activating group) is 1. The molecule has 1 amide bonds. The smallest absolute Gasteiger partial charge is 0.252 e. The summed E-state index contributed by atoms with van der Waals surface area (Å²) >= 11 is 0. The van der Waals surface area contributed by atoms with Gasteiger partial charge in [-0.2, -0.15) is 0 Å². The number of nitrogens with one attached hydrogen (secondary N) is 1.